The van der Waals surface area contributed by atoms with Crippen molar-refractivity contribution in [1.82, 2.24) is 15.5 Å². The first-order valence-corrected chi connectivity index (χ1v) is 13.9. The molecule has 2 rings (SSSR count). The van der Waals surface area contributed by atoms with E-state index in [-0.39, 0.29) is 18.2 Å². The molecule has 0 spiro atoms. The van der Waals surface area contributed by atoms with Crippen LogP contribution >= 0.6 is 0 Å². The van der Waals surface area contributed by atoms with Gasteiger partial charge in [-0.25, -0.2) is 0 Å². The third-order valence-corrected chi connectivity index (χ3v) is 6.44. The van der Waals surface area contributed by atoms with Crippen LogP contribution in [0, 0.1) is 12.8 Å². The zero-order valence-corrected chi connectivity index (χ0v) is 23.9. The number of carbonyl (C=O) groups excluding carboxylic acids is 3. The number of hydrogen-bond acceptors (Lipinski definition) is 5. The number of aliphatic hydroxyl groups excluding tert-OH is 2. The molecular formula is C31H45N3O5. The van der Waals surface area contributed by atoms with E-state index >= 15 is 0 Å². The van der Waals surface area contributed by atoms with Gasteiger partial charge in [-0.3, -0.25) is 14.4 Å². The Hall–Kier alpha value is -3.23. The van der Waals surface area contributed by atoms with Crippen molar-refractivity contribution in [1.29, 1.82) is 0 Å². The maximum Gasteiger partial charge on any atom is 0.253 e. The topological polar surface area (TPSA) is 119 Å². The summed E-state index contributed by atoms with van der Waals surface area (Å²) in [5.74, 6) is -0.858. The average Bonchev–Trinajstić information content (AvgIpc) is 2.90. The summed E-state index contributed by atoms with van der Waals surface area (Å²) in [5, 5.41) is 27.2. The minimum absolute atomic E-state index is 0.107. The van der Waals surface area contributed by atoms with Crippen LogP contribution in [0.4, 0.5) is 0 Å². The second-order valence-electron chi connectivity index (χ2n) is 10.6. The lowest BCUT2D eigenvalue weighted by atomic mass is 9.94. The molecule has 8 heteroatoms. The molecule has 2 aromatic carbocycles. The van der Waals surface area contributed by atoms with Gasteiger partial charge in [-0.15, -0.1) is 0 Å². The molecule has 0 aromatic heterocycles. The highest BCUT2D eigenvalue weighted by molar-refractivity contribution is 6.00. The number of benzene rings is 2. The zero-order valence-electron chi connectivity index (χ0n) is 23.9. The van der Waals surface area contributed by atoms with Crippen molar-refractivity contribution >= 4 is 17.7 Å². The standard InChI is InChI=1S/C31H45N3O5/c1-6-13-34(14-7-2)31(39)25-17-22(5)16-24(18-25)30(38)33-26(15-21(3)4)29(37)27(35)19-28(36)32-20-23-11-9-8-10-12-23/h8-12,16-18,21,26-27,29,35,37H,6-7,13-15,19-20H2,1-5H3,(H,32,36)(H,33,38). The first-order chi connectivity index (χ1) is 18.5. The quantitative estimate of drug-likeness (QED) is 0.274. The molecule has 39 heavy (non-hydrogen) atoms. The monoisotopic (exact) mass is 539 g/mol. The normalized spacial score (nSPS) is 13.4. The van der Waals surface area contributed by atoms with Crippen molar-refractivity contribution < 1.29 is 24.6 Å². The van der Waals surface area contributed by atoms with E-state index in [1.54, 1.807) is 23.1 Å². The maximum atomic E-state index is 13.3. The number of nitrogens with one attached hydrogen (secondary N) is 2. The summed E-state index contributed by atoms with van der Waals surface area (Å²) < 4.78 is 0. The van der Waals surface area contributed by atoms with E-state index in [9.17, 15) is 24.6 Å². The summed E-state index contributed by atoms with van der Waals surface area (Å²) in [4.78, 5) is 40.6. The largest absolute Gasteiger partial charge is 0.390 e. The second kappa shape index (κ2) is 16.0. The van der Waals surface area contributed by atoms with Crippen molar-refractivity contribution in [2.75, 3.05) is 13.1 Å². The molecule has 0 fully saturated rings. The summed E-state index contributed by atoms with van der Waals surface area (Å²) >= 11 is 0. The van der Waals surface area contributed by atoms with E-state index in [4.69, 9.17) is 0 Å². The number of aryl methyl sites for hydroxylation is 1. The van der Waals surface area contributed by atoms with Crippen LogP contribution in [0.15, 0.2) is 48.5 Å². The van der Waals surface area contributed by atoms with Gasteiger partial charge in [-0.1, -0.05) is 58.0 Å². The molecule has 0 bridgehead atoms. The van der Waals surface area contributed by atoms with E-state index in [0.29, 0.717) is 37.2 Å². The summed E-state index contributed by atoms with van der Waals surface area (Å²) in [6.07, 6.45) is -0.941. The fourth-order valence-electron chi connectivity index (χ4n) is 4.57. The van der Waals surface area contributed by atoms with Gasteiger partial charge in [0.1, 0.15) is 6.10 Å². The number of hydrogen-bond donors (Lipinski definition) is 4. The van der Waals surface area contributed by atoms with Crippen molar-refractivity contribution in [3.63, 3.8) is 0 Å². The Labute approximate surface area is 232 Å². The predicted octanol–water partition coefficient (Wildman–Crippen LogP) is 3.83. The Kier molecular flexibility index (Phi) is 13.1. The number of aliphatic hydroxyl groups is 2. The first kappa shape index (κ1) is 32.0. The van der Waals surface area contributed by atoms with Gasteiger partial charge in [0, 0.05) is 30.8 Å². The number of amides is 3. The highest BCUT2D eigenvalue weighted by Crippen LogP contribution is 2.17. The lowest BCUT2D eigenvalue weighted by Crippen LogP contribution is -2.50. The third kappa shape index (κ3) is 10.5. The zero-order chi connectivity index (χ0) is 28.9. The first-order valence-electron chi connectivity index (χ1n) is 13.9. The lowest BCUT2D eigenvalue weighted by molar-refractivity contribution is -0.125. The molecule has 4 N–H and O–H groups in total. The Morgan fingerprint density at radius 1 is 0.923 bits per heavy atom. The molecular weight excluding hydrogens is 494 g/mol. The van der Waals surface area contributed by atoms with Gasteiger partial charge in [0.05, 0.1) is 18.6 Å². The average molecular weight is 540 g/mol. The third-order valence-electron chi connectivity index (χ3n) is 6.44. The Bertz CT molecular complexity index is 1070. The van der Waals surface area contributed by atoms with E-state index in [0.717, 1.165) is 24.0 Å². The van der Waals surface area contributed by atoms with Gasteiger partial charge in [0.15, 0.2) is 0 Å². The summed E-state index contributed by atoms with van der Waals surface area (Å²) in [6.45, 7) is 11.4. The Morgan fingerprint density at radius 2 is 1.54 bits per heavy atom. The van der Waals surface area contributed by atoms with Crippen LogP contribution < -0.4 is 10.6 Å². The molecule has 0 saturated heterocycles. The molecule has 3 amide bonds. The van der Waals surface area contributed by atoms with Crippen molar-refractivity contribution in [2.24, 2.45) is 5.92 Å². The molecule has 0 aliphatic carbocycles. The van der Waals surface area contributed by atoms with Crippen molar-refractivity contribution in [3.05, 3.63) is 70.8 Å². The van der Waals surface area contributed by atoms with Crippen LogP contribution in [0.25, 0.3) is 0 Å². The van der Waals surface area contributed by atoms with Gasteiger partial charge in [-0.2, -0.15) is 0 Å². The fourth-order valence-corrected chi connectivity index (χ4v) is 4.57. The van der Waals surface area contributed by atoms with E-state index < -0.39 is 30.1 Å². The SMILES string of the molecule is CCCN(CCC)C(=O)c1cc(C)cc(C(=O)NC(CC(C)C)C(O)C(O)CC(=O)NCc2ccccc2)c1. The maximum absolute atomic E-state index is 13.3. The van der Waals surface area contributed by atoms with Gasteiger partial charge in [0.2, 0.25) is 5.91 Å². The Balaban J connectivity index is 2.12. The molecule has 0 saturated carbocycles. The highest BCUT2D eigenvalue weighted by atomic mass is 16.3. The minimum Gasteiger partial charge on any atom is -0.390 e. The van der Waals surface area contributed by atoms with E-state index in [2.05, 4.69) is 10.6 Å². The minimum atomic E-state index is -1.36. The molecule has 3 atom stereocenters. The molecule has 0 aliphatic heterocycles. The number of nitrogens with zero attached hydrogens (tertiary/aromatic N) is 1. The smallest absolute Gasteiger partial charge is 0.253 e. The van der Waals surface area contributed by atoms with Crippen LogP contribution in [0.2, 0.25) is 0 Å². The van der Waals surface area contributed by atoms with Gasteiger partial charge < -0.3 is 25.7 Å². The number of carbonyl (C=O) groups is 3. The van der Waals surface area contributed by atoms with Gasteiger partial charge in [-0.05, 0) is 61.4 Å². The summed E-state index contributed by atoms with van der Waals surface area (Å²) in [6, 6.07) is 13.7. The van der Waals surface area contributed by atoms with E-state index in [1.807, 2.05) is 65.0 Å². The van der Waals surface area contributed by atoms with E-state index in [1.165, 1.54) is 0 Å². The highest BCUT2D eigenvalue weighted by Gasteiger charge is 2.30. The van der Waals surface area contributed by atoms with Crippen LogP contribution in [-0.2, 0) is 11.3 Å². The molecule has 3 unspecified atom stereocenters. The lowest BCUT2D eigenvalue weighted by Gasteiger charge is -2.29. The molecule has 214 valence electrons. The molecule has 0 aliphatic rings. The molecule has 0 heterocycles. The van der Waals surface area contributed by atoms with Crippen LogP contribution in [0.3, 0.4) is 0 Å². The predicted molar refractivity (Wildman–Crippen MR) is 153 cm³/mol. The van der Waals surface area contributed by atoms with Gasteiger partial charge in [0.25, 0.3) is 11.8 Å². The molecule has 2 aromatic rings. The summed E-state index contributed by atoms with van der Waals surface area (Å²) in [5.41, 5.74) is 2.45. The number of rotatable bonds is 15. The second-order valence-corrected chi connectivity index (χ2v) is 10.6. The van der Waals surface area contributed by atoms with Crippen LogP contribution in [0.1, 0.15) is 85.2 Å². The van der Waals surface area contributed by atoms with Crippen molar-refractivity contribution in [2.45, 2.75) is 85.1 Å². The molecule has 8 nitrogen and oxygen atoms in total. The summed E-state index contributed by atoms with van der Waals surface area (Å²) in [7, 11) is 0. The Morgan fingerprint density at radius 3 is 2.13 bits per heavy atom. The fraction of sp³-hybridized carbons (Fsp3) is 0.516. The van der Waals surface area contributed by atoms with Crippen LogP contribution in [-0.4, -0.2) is 64.2 Å². The van der Waals surface area contributed by atoms with Gasteiger partial charge >= 0.3 is 0 Å². The van der Waals surface area contributed by atoms with Crippen molar-refractivity contribution in [3.8, 4) is 0 Å². The van der Waals surface area contributed by atoms with Crippen LogP contribution in [0.5, 0.6) is 0 Å². The molecule has 0 radical (unpaired) electrons.